The van der Waals surface area contributed by atoms with E-state index in [2.05, 4.69) is 10.0 Å². The number of rotatable bonds is 4. The minimum atomic E-state index is -0.893. The fourth-order valence-electron chi connectivity index (χ4n) is 1.05. The van der Waals surface area contributed by atoms with Crippen LogP contribution in [-0.4, -0.2) is 11.5 Å². The van der Waals surface area contributed by atoms with Gasteiger partial charge in [-0.1, -0.05) is 17.3 Å². The molecule has 1 rings (SSSR count). The standard InChI is InChI=1S/C9H7FN4O2/c10-8-6-7(2-1-5-12-13-11)3-4-9(8)14(15)16/h1-4,6H,5H2. The van der Waals surface area contributed by atoms with Gasteiger partial charge in [0.1, 0.15) is 0 Å². The molecule has 0 unspecified atom stereocenters. The fraction of sp³-hybridized carbons (Fsp3) is 0.111. The Morgan fingerprint density at radius 3 is 2.94 bits per heavy atom. The van der Waals surface area contributed by atoms with Crippen molar-refractivity contribution in [2.45, 2.75) is 0 Å². The van der Waals surface area contributed by atoms with Crippen LogP contribution in [0.5, 0.6) is 0 Å². The van der Waals surface area contributed by atoms with Crippen LogP contribution in [0.1, 0.15) is 5.56 Å². The van der Waals surface area contributed by atoms with E-state index in [0.29, 0.717) is 5.56 Å². The molecule has 0 spiro atoms. The molecule has 0 aliphatic carbocycles. The molecule has 0 atom stereocenters. The molecule has 0 saturated carbocycles. The van der Waals surface area contributed by atoms with Crippen molar-refractivity contribution in [2.24, 2.45) is 5.11 Å². The Balaban J connectivity index is 2.85. The van der Waals surface area contributed by atoms with Gasteiger partial charge in [-0.2, -0.15) is 4.39 Å². The Bertz CT molecular complexity index is 480. The second-order valence-corrected chi connectivity index (χ2v) is 2.78. The molecule has 0 amide bonds. The topological polar surface area (TPSA) is 91.9 Å². The molecule has 6 nitrogen and oxygen atoms in total. The van der Waals surface area contributed by atoms with Gasteiger partial charge in [-0.25, -0.2) is 0 Å². The van der Waals surface area contributed by atoms with Gasteiger partial charge in [-0.05, 0) is 23.2 Å². The van der Waals surface area contributed by atoms with Crippen LogP contribution < -0.4 is 0 Å². The zero-order chi connectivity index (χ0) is 12.0. The smallest absolute Gasteiger partial charge is 0.258 e. The zero-order valence-corrected chi connectivity index (χ0v) is 8.08. The van der Waals surface area contributed by atoms with Crippen molar-refractivity contribution < 1.29 is 9.31 Å². The van der Waals surface area contributed by atoms with Gasteiger partial charge >= 0.3 is 5.69 Å². The highest BCUT2D eigenvalue weighted by Gasteiger charge is 2.12. The van der Waals surface area contributed by atoms with Gasteiger partial charge in [0, 0.05) is 17.5 Å². The van der Waals surface area contributed by atoms with Crippen molar-refractivity contribution in [1.82, 2.24) is 0 Å². The van der Waals surface area contributed by atoms with Gasteiger partial charge in [0.15, 0.2) is 0 Å². The largest absolute Gasteiger partial charge is 0.304 e. The van der Waals surface area contributed by atoms with E-state index in [1.54, 1.807) is 0 Å². The van der Waals surface area contributed by atoms with Crippen LogP contribution >= 0.6 is 0 Å². The summed E-state index contributed by atoms with van der Waals surface area (Å²) < 4.78 is 13.1. The molecule has 0 saturated heterocycles. The predicted molar refractivity (Wildman–Crippen MR) is 56.1 cm³/mol. The van der Waals surface area contributed by atoms with E-state index in [1.165, 1.54) is 18.2 Å². The molecular formula is C9H7FN4O2. The Labute approximate surface area is 89.8 Å². The molecule has 0 aliphatic rings. The molecule has 82 valence electrons. The lowest BCUT2D eigenvalue weighted by atomic mass is 10.2. The summed E-state index contributed by atoms with van der Waals surface area (Å²) in [5, 5.41) is 13.6. The summed E-state index contributed by atoms with van der Waals surface area (Å²) in [5.41, 5.74) is 7.90. The molecule has 0 radical (unpaired) electrons. The van der Waals surface area contributed by atoms with Crippen molar-refractivity contribution in [2.75, 3.05) is 6.54 Å². The lowest BCUT2D eigenvalue weighted by Gasteiger charge is -1.95. The maximum Gasteiger partial charge on any atom is 0.304 e. The van der Waals surface area contributed by atoms with Gasteiger partial charge < -0.3 is 0 Å². The summed E-state index contributed by atoms with van der Waals surface area (Å²) in [4.78, 5) is 12.1. The van der Waals surface area contributed by atoms with Crippen LogP contribution in [-0.2, 0) is 0 Å². The summed E-state index contributed by atoms with van der Waals surface area (Å²) in [6.07, 6.45) is 3.04. The highest BCUT2D eigenvalue weighted by molar-refractivity contribution is 5.52. The summed E-state index contributed by atoms with van der Waals surface area (Å²) in [5.74, 6) is -0.893. The van der Waals surface area contributed by atoms with E-state index in [9.17, 15) is 14.5 Å². The maximum atomic E-state index is 13.1. The van der Waals surface area contributed by atoms with E-state index >= 15 is 0 Å². The first-order valence-corrected chi connectivity index (χ1v) is 4.26. The summed E-state index contributed by atoms with van der Waals surface area (Å²) in [6, 6.07) is 3.54. The second-order valence-electron chi connectivity index (χ2n) is 2.78. The van der Waals surface area contributed by atoms with Gasteiger partial charge in [0.05, 0.1) is 4.92 Å². The fourth-order valence-corrected chi connectivity index (χ4v) is 1.05. The van der Waals surface area contributed by atoms with Crippen molar-refractivity contribution in [1.29, 1.82) is 0 Å². The molecule has 0 heterocycles. The quantitative estimate of drug-likeness (QED) is 0.257. The molecule has 0 bridgehead atoms. The van der Waals surface area contributed by atoms with Gasteiger partial charge in [-0.15, -0.1) is 0 Å². The number of nitrogens with zero attached hydrogens (tertiary/aromatic N) is 4. The van der Waals surface area contributed by atoms with E-state index in [1.807, 2.05) is 0 Å². The Hall–Kier alpha value is -2.40. The van der Waals surface area contributed by atoms with Gasteiger partial charge in [0.25, 0.3) is 0 Å². The van der Waals surface area contributed by atoms with E-state index in [-0.39, 0.29) is 6.54 Å². The number of nitro groups is 1. The van der Waals surface area contributed by atoms with Crippen molar-refractivity contribution in [3.63, 3.8) is 0 Å². The number of nitro benzene ring substituents is 1. The SMILES string of the molecule is [N-]=[N+]=NCC=Cc1ccc([N+](=O)[O-])c(F)c1. The second kappa shape index (κ2) is 5.47. The van der Waals surface area contributed by atoms with Crippen LogP contribution in [0.2, 0.25) is 0 Å². The Kier molecular flexibility index (Phi) is 3.99. The molecule has 7 heteroatoms. The van der Waals surface area contributed by atoms with Crippen LogP contribution in [0.3, 0.4) is 0 Å². The van der Waals surface area contributed by atoms with Crippen molar-refractivity contribution >= 4 is 11.8 Å². The minimum Gasteiger partial charge on any atom is -0.258 e. The number of hydrogen-bond acceptors (Lipinski definition) is 3. The molecule has 0 N–H and O–H groups in total. The summed E-state index contributed by atoms with van der Waals surface area (Å²) in [7, 11) is 0. The third kappa shape index (κ3) is 3.07. The van der Waals surface area contributed by atoms with Crippen molar-refractivity contribution in [3.8, 4) is 0 Å². The highest BCUT2D eigenvalue weighted by Crippen LogP contribution is 2.18. The number of hydrogen-bond donors (Lipinski definition) is 0. The first-order chi connectivity index (χ1) is 7.65. The van der Waals surface area contributed by atoms with E-state index in [4.69, 9.17) is 5.53 Å². The Morgan fingerprint density at radius 2 is 2.38 bits per heavy atom. The highest BCUT2D eigenvalue weighted by atomic mass is 19.1. The first kappa shape index (κ1) is 11.7. The van der Waals surface area contributed by atoms with Crippen LogP contribution in [0.4, 0.5) is 10.1 Å². The van der Waals surface area contributed by atoms with E-state index in [0.717, 1.165) is 12.1 Å². The predicted octanol–water partition coefficient (Wildman–Crippen LogP) is 3.06. The monoisotopic (exact) mass is 222 g/mol. The van der Waals surface area contributed by atoms with Crippen LogP contribution in [0, 0.1) is 15.9 Å². The van der Waals surface area contributed by atoms with Crippen molar-refractivity contribution in [3.05, 3.63) is 56.2 Å². The number of halogens is 1. The molecule has 0 fully saturated rings. The number of benzene rings is 1. The molecule has 1 aromatic rings. The first-order valence-electron chi connectivity index (χ1n) is 4.26. The Morgan fingerprint density at radius 1 is 1.62 bits per heavy atom. The van der Waals surface area contributed by atoms with Crippen LogP contribution in [0.15, 0.2) is 29.4 Å². The molecular weight excluding hydrogens is 215 g/mol. The van der Waals surface area contributed by atoms with Crippen LogP contribution in [0.25, 0.3) is 16.5 Å². The third-order valence-corrected chi connectivity index (χ3v) is 1.73. The lowest BCUT2D eigenvalue weighted by Crippen LogP contribution is -1.92. The lowest BCUT2D eigenvalue weighted by molar-refractivity contribution is -0.387. The average molecular weight is 222 g/mol. The zero-order valence-electron chi connectivity index (χ0n) is 8.08. The van der Waals surface area contributed by atoms with Gasteiger partial charge in [0.2, 0.25) is 5.82 Å². The molecule has 1 aromatic carbocycles. The van der Waals surface area contributed by atoms with E-state index < -0.39 is 16.4 Å². The normalized spacial score (nSPS) is 10.1. The van der Waals surface area contributed by atoms with Gasteiger partial charge in [-0.3, -0.25) is 10.1 Å². The summed E-state index contributed by atoms with van der Waals surface area (Å²) >= 11 is 0. The summed E-state index contributed by atoms with van der Waals surface area (Å²) in [6.45, 7) is 0.148. The molecule has 0 aliphatic heterocycles. The molecule has 16 heavy (non-hydrogen) atoms. The molecule has 0 aromatic heterocycles. The maximum absolute atomic E-state index is 13.1. The average Bonchev–Trinajstić information content (AvgIpc) is 2.24. The minimum absolute atomic E-state index is 0.148. The number of azide groups is 1. The third-order valence-electron chi connectivity index (χ3n) is 1.73.